The minimum atomic E-state index is -0.114. The van der Waals surface area contributed by atoms with Crippen molar-refractivity contribution in [2.45, 2.75) is 12.2 Å². The summed E-state index contributed by atoms with van der Waals surface area (Å²) in [7, 11) is 0. The second-order valence-electron chi connectivity index (χ2n) is 5.63. The van der Waals surface area contributed by atoms with Gasteiger partial charge in [0.25, 0.3) is 0 Å². The van der Waals surface area contributed by atoms with Crippen LogP contribution in [0.15, 0.2) is 64.8 Å². The summed E-state index contributed by atoms with van der Waals surface area (Å²) >= 11 is 1.39. The molecule has 1 saturated heterocycles. The number of nitrogens with one attached hydrogen (secondary N) is 1. The number of amides is 1. The number of carbonyl (C=O) groups excluding carboxylic acids is 1. The second-order valence-corrected chi connectivity index (χ2v) is 6.96. The molecule has 1 aliphatic rings. The Balaban J connectivity index is 1.81. The number of nitrogens with zero attached hydrogens (tertiary/aromatic N) is 2. The Morgan fingerprint density at radius 1 is 1.04 bits per heavy atom. The third kappa shape index (κ3) is 2.67. The molecule has 1 N–H and O–H groups in total. The van der Waals surface area contributed by atoms with E-state index >= 15 is 0 Å². The van der Waals surface area contributed by atoms with Gasteiger partial charge in [-0.1, -0.05) is 60.3 Å². The molecule has 0 saturated carbocycles. The van der Waals surface area contributed by atoms with Gasteiger partial charge in [-0.25, -0.2) is 0 Å². The number of hydrogen-bond acceptors (Lipinski definition) is 4. The summed E-state index contributed by atoms with van der Waals surface area (Å²) in [5.74, 6) is -0.0236. The van der Waals surface area contributed by atoms with Gasteiger partial charge >= 0.3 is 0 Å². The molecule has 118 valence electrons. The maximum Gasteiger partial charge on any atom is 0.239 e. The van der Waals surface area contributed by atoms with E-state index in [1.54, 1.807) is 6.21 Å². The van der Waals surface area contributed by atoms with Gasteiger partial charge in [-0.05, 0) is 34.5 Å². The van der Waals surface area contributed by atoms with Crippen molar-refractivity contribution in [2.24, 2.45) is 10.2 Å². The van der Waals surface area contributed by atoms with E-state index in [1.165, 1.54) is 22.5 Å². The molecule has 1 heterocycles. The molecule has 0 aliphatic carbocycles. The third-order valence-electron chi connectivity index (χ3n) is 4.04. The molecule has 0 radical (unpaired) electrons. The van der Waals surface area contributed by atoms with Crippen molar-refractivity contribution in [1.29, 1.82) is 0 Å². The van der Waals surface area contributed by atoms with Crippen LogP contribution in [0.25, 0.3) is 21.5 Å². The van der Waals surface area contributed by atoms with E-state index in [4.69, 9.17) is 0 Å². The Kier molecular flexibility index (Phi) is 3.78. The second kappa shape index (κ2) is 6.09. The average molecular weight is 333 g/mol. The fourth-order valence-corrected chi connectivity index (χ4v) is 3.59. The van der Waals surface area contributed by atoms with Gasteiger partial charge in [0.1, 0.15) is 0 Å². The predicted octanol–water partition coefficient (Wildman–Crippen LogP) is 3.93. The Bertz CT molecular complexity index is 956. The van der Waals surface area contributed by atoms with Crippen molar-refractivity contribution in [2.75, 3.05) is 0 Å². The number of rotatable bonds is 2. The molecule has 0 aromatic heterocycles. The topological polar surface area (TPSA) is 53.8 Å². The van der Waals surface area contributed by atoms with Gasteiger partial charge in [-0.15, -0.1) is 5.10 Å². The third-order valence-corrected chi connectivity index (χ3v) is 5.01. The molecule has 1 amide bonds. The van der Waals surface area contributed by atoms with Crippen LogP contribution in [0.2, 0.25) is 0 Å². The summed E-state index contributed by atoms with van der Waals surface area (Å²) in [6, 6.07) is 18.7. The van der Waals surface area contributed by atoms with Gasteiger partial charge in [0, 0.05) is 5.56 Å². The standard InChI is InChI=1S/C19H15N3OS/c1-12-18(23)21-19(24-12)22-20-11-17-15-8-4-2-6-13(15)10-14-7-3-5-9-16(14)17/h2-12H,1H3,(H,21,22,23)/b20-11-/t12-/m1/s1. The van der Waals surface area contributed by atoms with E-state index < -0.39 is 0 Å². The van der Waals surface area contributed by atoms with Crippen LogP contribution in [0.3, 0.4) is 0 Å². The monoisotopic (exact) mass is 333 g/mol. The van der Waals surface area contributed by atoms with E-state index in [-0.39, 0.29) is 11.2 Å². The van der Waals surface area contributed by atoms with E-state index in [1.807, 2.05) is 31.2 Å². The zero-order chi connectivity index (χ0) is 16.5. The lowest BCUT2D eigenvalue weighted by molar-refractivity contribution is -0.118. The highest BCUT2D eigenvalue weighted by molar-refractivity contribution is 8.15. The summed E-state index contributed by atoms with van der Waals surface area (Å²) < 4.78 is 0. The van der Waals surface area contributed by atoms with Crippen LogP contribution in [-0.4, -0.2) is 22.5 Å². The number of hydrogen-bond donors (Lipinski definition) is 1. The average Bonchev–Trinajstić information content (AvgIpc) is 2.92. The smallest absolute Gasteiger partial charge is 0.239 e. The van der Waals surface area contributed by atoms with Gasteiger partial charge < -0.3 is 5.32 Å². The van der Waals surface area contributed by atoms with Crippen LogP contribution in [0.1, 0.15) is 12.5 Å². The minimum Gasteiger partial charge on any atom is -0.303 e. The number of fused-ring (bicyclic) bond motifs is 2. The molecule has 0 spiro atoms. The maximum absolute atomic E-state index is 11.5. The van der Waals surface area contributed by atoms with Crippen LogP contribution >= 0.6 is 11.8 Å². The number of thioether (sulfide) groups is 1. The highest BCUT2D eigenvalue weighted by Gasteiger charge is 2.25. The summed E-state index contributed by atoms with van der Waals surface area (Å²) in [4.78, 5) is 11.5. The van der Waals surface area contributed by atoms with Crippen LogP contribution in [-0.2, 0) is 4.79 Å². The van der Waals surface area contributed by atoms with Crippen molar-refractivity contribution < 1.29 is 4.79 Å². The summed E-state index contributed by atoms with van der Waals surface area (Å²) in [5.41, 5.74) is 1.04. The molecule has 4 nitrogen and oxygen atoms in total. The molecule has 0 bridgehead atoms. The molecule has 0 unspecified atom stereocenters. The maximum atomic E-state index is 11.5. The van der Waals surface area contributed by atoms with E-state index in [0.29, 0.717) is 5.17 Å². The first-order chi connectivity index (χ1) is 11.7. The quantitative estimate of drug-likeness (QED) is 0.439. The van der Waals surface area contributed by atoms with Crippen molar-refractivity contribution in [3.8, 4) is 0 Å². The zero-order valence-electron chi connectivity index (χ0n) is 13.1. The first-order valence-corrected chi connectivity index (χ1v) is 8.59. The summed E-state index contributed by atoms with van der Waals surface area (Å²) in [6.07, 6.45) is 1.77. The molecular weight excluding hydrogens is 318 g/mol. The Hall–Kier alpha value is -2.66. The van der Waals surface area contributed by atoms with Crippen molar-refractivity contribution in [3.63, 3.8) is 0 Å². The highest BCUT2D eigenvalue weighted by Crippen LogP contribution is 2.27. The Morgan fingerprint density at radius 3 is 2.25 bits per heavy atom. The lowest BCUT2D eigenvalue weighted by atomic mass is 9.97. The SMILES string of the molecule is C[C@H]1S/C(=N\N=C/c2c3ccccc3cc3ccccc23)NC1=O. The number of benzene rings is 3. The minimum absolute atomic E-state index is 0.0236. The largest absolute Gasteiger partial charge is 0.303 e. The van der Waals surface area contributed by atoms with Gasteiger partial charge in [-0.3, -0.25) is 4.79 Å². The summed E-state index contributed by atoms with van der Waals surface area (Å²) in [5, 5.41) is 16.1. The predicted molar refractivity (Wildman–Crippen MR) is 102 cm³/mol. The normalized spacial score (nSPS) is 19.6. The Labute approximate surface area is 143 Å². The zero-order valence-corrected chi connectivity index (χ0v) is 13.9. The molecule has 1 fully saturated rings. The van der Waals surface area contributed by atoms with Crippen molar-refractivity contribution in [1.82, 2.24) is 5.32 Å². The number of amidine groups is 1. The molecule has 1 aliphatic heterocycles. The highest BCUT2D eigenvalue weighted by atomic mass is 32.2. The fraction of sp³-hybridized carbons (Fsp3) is 0.105. The molecular formula is C19H15N3OS. The van der Waals surface area contributed by atoms with Crippen molar-refractivity contribution >= 4 is 50.6 Å². The van der Waals surface area contributed by atoms with Gasteiger partial charge in [-0.2, -0.15) is 5.10 Å². The molecule has 5 heteroatoms. The molecule has 24 heavy (non-hydrogen) atoms. The van der Waals surface area contributed by atoms with Crippen LogP contribution in [0.5, 0.6) is 0 Å². The molecule has 1 atom stereocenters. The van der Waals surface area contributed by atoms with E-state index in [2.05, 4.69) is 45.9 Å². The van der Waals surface area contributed by atoms with Gasteiger partial charge in [0.05, 0.1) is 11.5 Å². The van der Waals surface area contributed by atoms with Crippen molar-refractivity contribution in [3.05, 3.63) is 60.2 Å². The first-order valence-electron chi connectivity index (χ1n) is 7.71. The first kappa shape index (κ1) is 14.9. The lowest BCUT2D eigenvalue weighted by Crippen LogP contribution is -2.23. The van der Waals surface area contributed by atoms with Crippen LogP contribution < -0.4 is 5.32 Å². The Morgan fingerprint density at radius 2 is 1.67 bits per heavy atom. The van der Waals surface area contributed by atoms with E-state index in [0.717, 1.165) is 16.3 Å². The molecule has 4 rings (SSSR count). The van der Waals surface area contributed by atoms with E-state index in [9.17, 15) is 4.79 Å². The van der Waals surface area contributed by atoms with Crippen LogP contribution in [0, 0.1) is 0 Å². The number of carbonyl (C=O) groups is 1. The van der Waals surface area contributed by atoms with Gasteiger partial charge in [0.2, 0.25) is 5.91 Å². The fourth-order valence-electron chi connectivity index (χ4n) is 2.83. The van der Waals surface area contributed by atoms with Crippen LogP contribution in [0.4, 0.5) is 0 Å². The van der Waals surface area contributed by atoms with Gasteiger partial charge in [0.15, 0.2) is 5.17 Å². The molecule has 3 aromatic carbocycles. The molecule has 3 aromatic rings. The lowest BCUT2D eigenvalue weighted by Gasteiger charge is -2.07. The summed E-state index contributed by atoms with van der Waals surface area (Å²) in [6.45, 7) is 1.85.